The molecule has 1 aliphatic carbocycles. The molecular formula is C14H19NO2. The lowest BCUT2D eigenvalue weighted by molar-refractivity contribution is -0.122. The molecule has 0 unspecified atom stereocenters. The summed E-state index contributed by atoms with van der Waals surface area (Å²) >= 11 is 0. The first-order valence-electron chi connectivity index (χ1n) is 6.23. The van der Waals surface area contributed by atoms with Crippen LogP contribution in [0.25, 0.3) is 0 Å². The van der Waals surface area contributed by atoms with E-state index >= 15 is 0 Å². The molecule has 0 radical (unpaired) electrons. The standard InChI is InChI=1S/C14H19NO2/c16-10-13-6-2-5-12(7-13)9-15-14(17)8-11-3-1-4-11/h2,5-7,11,16H,1,3-4,8-10H2,(H,15,17). The summed E-state index contributed by atoms with van der Waals surface area (Å²) in [5.41, 5.74) is 1.93. The number of aliphatic hydroxyl groups excluding tert-OH is 1. The molecule has 0 heterocycles. The molecule has 92 valence electrons. The number of amides is 1. The molecule has 1 fully saturated rings. The maximum absolute atomic E-state index is 11.6. The molecule has 0 atom stereocenters. The molecular weight excluding hydrogens is 214 g/mol. The van der Waals surface area contributed by atoms with E-state index in [-0.39, 0.29) is 12.5 Å². The molecule has 1 aromatic rings. The highest BCUT2D eigenvalue weighted by molar-refractivity contribution is 5.76. The average molecular weight is 233 g/mol. The second-order valence-electron chi connectivity index (χ2n) is 4.76. The molecule has 0 saturated heterocycles. The molecule has 0 aromatic heterocycles. The van der Waals surface area contributed by atoms with E-state index in [1.54, 1.807) is 0 Å². The number of carbonyl (C=O) groups excluding carboxylic acids is 1. The molecule has 2 N–H and O–H groups in total. The van der Waals surface area contributed by atoms with E-state index in [0.29, 0.717) is 18.9 Å². The normalized spacial score (nSPS) is 15.4. The van der Waals surface area contributed by atoms with Crippen LogP contribution in [0.4, 0.5) is 0 Å². The molecule has 3 heteroatoms. The van der Waals surface area contributed by atoms with Crippen LogP contribution in [0, 0.1) is 5.92 Å². The van der Waals surface area contributed by atoms with Crippen molar-refractivity contribution in [1.29, 1.82) is 0 Å². The van der Waals surface area contributed by atoms with Gasteiger partial charge in [-0.25, -0.2) is 0 Å². The van der Waals surface area contributed by atoms with Crippen LogP contribution in [0.2, 0.25) is 0 Å². The highest BCUT2D eigenvalue weighted by Gasteiger charge is 2.20. The number of benzene rings is 1. The largest absolute Gasteiger partial charge is 0.392 e. The van der Waals surface area contributed by atoms with Gasteiger partial charge in [-0.1, -0.05) is 30.7 Å². The third kappa shape index (κ3) is 3.56. The average Bonchev–Trinajstić information content (AvgIpc) is 2.31. The van der Waals surface area contributed by atoms with Gasteiger partial charge < -0.3 is 10.4 Å². The Kier molecular flexibility index (Phi) is 4.15. The molecule has 0 bridgehead atoms. The lowest BCUT2D eigenvalue weighted by Gasteiger charge is -2.24. The highest BCUT2D eigenvalue weighted by Crippen LogP contribution is 2.29. The van der Waals surface area contributed by atoms with Crippen molar-refractivity contribution in [3.63, 3.8) is 0 Å². The van der Waals surface area contributed by atoms with E-state index in [1.165, 1.54) is 19.3 Å². The lowest BCUT2D eigenvalue weighted by atomic mass is 9.83. The molecule has 3 nitrogen and oxygen atoms in total. The first kappa shape index (κ1) is 12.1. The van der Waals surface area contributed by atoms with Crippen molar-refractivity contribution < 1.29 is 9.90 Å². The molecule has 0 spiro atoms. The molecule has 0 aliphatic heterocycles. The topological polar surface area (TPSA) is 49.3 Å². The number of rotatable bonds is 5. The van der Waals surface area contributed by atoms with Crippen molar-refractivity contribution in [3.8, 4) is 0 Å². The number of hydrogen-bond acceptors (Lipinski definition) is 2. The Labute approximate surface area is 102 Å². The van der Waals surface area contributed by atoms with E-state index in [1.807, 2.05) is 24.3 Å². The van der Waals surface area contributed by atoms with Gasteiger partial charge in [0.05, 0.1) is 6.61 Å². The molecule has 1 saturated carbocycles. The Bertz CT molecular complexity index is 386. The van der Waals surface area contributed by atoms with Crippen LogP contribution >= 0.6 is 0 Å². The fraction of sp³-hybridized carbons (Fsp3) is 0.500. The minimum absolute atomic E-state index is 0.0455. The number of hydrogen-bond donors (Lipinski definition) is 2. The quantitative estimate of drug-likeness (QED) is 0.817. The van der Waals surface area contributed by atoms with Crippen molar-refractivity contribution in [2.24, 2.45) is 5.92 Å². The molecule has 1 amide bonds. The van der Waals surface area contributed by atoms with Crippen molar-refractivity contribution >= 4 is 5.91 Å². The monoisotopic (exact) mass is 233 g/mol. The van der Waals surface area contributed by atoms with Crippen LogP contribution in [-0.2, 0) is 17.9 Å². The van der Waals surface area contributed by atoms with Crippen LogP contribution in [0.3, 0.4) is 0 Å². The summed E-state index contributed by atoms with van der Waals surface area (Å²) in [4.78, 5) is 11.6. The Balaban J connectivity index is 1.77. The highest BCUT2D eigenvalue weighted by atomic mass is 16.3. The smallest absolute Gasteiger partial charge is 0.220 e. The maximum Gasteiger partial charge on any atom is 0.220 e. The Hall–Kier alpha value is -1.35. The zero-order valence-corrected chi connectivity index (χ0v) is 9.98. The first-order chi connectivity index (χ1) is 8.28. The van der Waals surface area contributed by atoms with Crippen LogP contribution in [0.1, 0.15) is 36.8 Å². The fourth-order valence-electron chi connectivity index (χ4n) is 2.07. The van der Waals surface area contributed by atoms with Crippen molar-refractivity contribution in [1.82, 2.24) is 5.32 Å². The van der Waals surface area contributed by atoms with E-state index in [9.17, 15) is 4.79 Å². The minimum Gasteiger partial charge on any atom is -0.392 e. The molecule has 2 rings (SSSR count). The van der Waals surface area contributed by atoms with E-state index in [0.717, 1.165) is 11.1 Å². The summed E-state index contributed by atoms with van der Waals surface area (Å²) in [6.07, 6.45) is 4.34. The summed E-state index contributed by atoms with van der Waals surface area (Å²) in [5, 5.41) is 11.9. The number of carbonyl (C=O) groups is 1. The second-order valence-corrected chi connectivity index (χ2v) is 4.76. The summed E-state index contributed by atoms with van der Waals surface area (Å²) in [7, 11) is 0. The number of nitrogens with one attached hydrogen (secondary N) is 1. The van der Waals surface area contributed by atoms with E-state index in [4.69, 9.17) is 5.11 Å². The SMILES string of the molecule is O=C(CC1CCC1)NCc1cccc(CO)c1. The van der Waals surface area contributed by atoms with Crippen LogP contribution in [0.15, 0.2) is 24.3 Å². The molecule has 1 aromatic carbocycles. The third-order valence-electron chi connectivity index (χ3n) is 3.36. The van der Waals surface area contributed by atoms with Gasteiger partial charge in [-0.05, 0) is 29.9 Å². The van der Waals surface area contributed by atoms with Gasteiger partial charge >= 0.3 is 0 Å². The minimum atomic E-state index is 0.0455. The van der Waals surface area contributed by atoms with E-state index < -0.39 is 0 Å². The van der Waals surface area contributed by atoms with Gasteiger partial charge in [-0.15, -0.1) is 0 Å². The van der Waals surface area contributed by atoms with Gasteiger partial charge in [0.1, 0.15) is 0 Å². The third-order valence-corrected chi connectivity index (χ3v) is 3.36. The van der Waals surface area contributed by atoms with Gasteiger partial charge in [0, 0.05) is 13.0 Å². The molecule has 17 heavy (non-hydrogen) atoms. The van der Waals surface area contributed by atoms with Gasteiger partial charge in [0.15, 0.2) is 0 Å². The predicted octanol–water partition coefficient (Wildman–Crippen LogP) is 1.99. The van der Waals surface area contributed by atoms with Gasteiger partial charge in [0.2, 0.25) is 5.91 Å². The summed E-state index contributed by atoms with van der Waals surface area (Å²) < 4.78 is 0. The van der Waals surface area contributed by atoms with Crippen LogP contribution in [0.5, 0.6) is 0 Å². The Morgan fingerprint density at radius 2 is 2.12 bits per heavy atom. The van der Waals surface area contributed by atoms with Gasteiger partial charge in [-0.2, -0.15) is 0 Å². The van der Waals surface area contributed by atoms with Crippen molar-refractivity contribution in [2.45, 2.75) is 38.8 Å². The van der Waals surface area contributed by atoms with Gasteiger partial charge in [0.25, 0.3) is 0 Å². The summed E-state index contributed by atoms with van der Waals surface area (Å²) in [6.45, 7) is 0.600. The zero-order valence-electron chi connectivity index (χ0n) is 9.98. The Morgan fingerprint density at radius 3 is 2.76 bits per heavy atom. The Morgan fingerprint density at radius 1 is 1.35 bits per heavy atom. The fourth-order valence-corrected chi connectivity index (χ4v) is 2.07. The lowest BCUT2D eigenvalue weighted by Crippen LogP contribution is -2.27. The zero-order chi connectivity index (χ0) is 12.1. The van der Waals surface area contributed by atoms with Crippen LogP contribution < -0.4 is 5.32 Å². The predicted molar refractivity (Wildman–Crippen MR) is 66.2 cm³/mol. The molecule has 1 aliphatic rings. The van der Waals surface area contributed by atoms with Crippen molar-refractivity contribution in [2.75, 3.05) is 0 Å². The summed E-state index contributed by atoms with van der Waals surface area (Å²) in [5.74, 6) is 0.753. The maximum atomic E-state index is 11.6. The van der Waals surface area contributed by atoms with Gasteiger partial charge in [-0.3, -0.25) is 4.79 Å². The number of aliphatic hydroxyl groups is 1. The summed E-state index contributed by atoms with van der Waals surface area (Å²) in [6, 6.07) is 7.66. The first-order valence-corrected chi connectivity index (χ1v) is 6.23. The van der Waals surface area contributed by atoms with Crippen molar-refractivity contribution in [3.05, 3.63) is 35.4 Å². The van der Waals surface area contributed by atoms with Crippen LogP contribution in [-0.4, -0.2) is 11.0 Å². The second kappa shape index (κ2) is 5.82. The van der Waals surface area contributed by atoms with E-state index in [2.05, 4.69) is 5.32 Å².